The van der Waals surface area contributed by atoms with Crippen LogP contribution in [-0.2, 0) is 0 Å². The van der Waals surface area contributed by atoms with Gasteiger partial charge >= 0.3 is 0 Å². The number of hydrogen-bond donors (Lipinski definition) is 0. The maximum Gasteiger partial charge on any atom is -0.00830 e. The number of rotatable bonds is 0. The van der Waals surface area contributed by atoms with E-state index in [2.05, 4.69) is 34.2 Å². The zero-order chi connectivity index (χ0) is 5.82. The lowest BCUT2D eigenvalue weighted by Gasteiger charge is -1.88. The molecule has 0 unspecified atom stereocenters. The van der Waals surface area contributed by atoms with Crippen LogP contribution >= 0.6 is 15.9 Å². The molecule has 0 heterocycles. The van der Waals surface area contributed by atoms with Crippen molar-refractivity contribution in [3.63, 3.8) is 0 Å². The fourth-order valence-corrected chi connectivity index (χ4v) is 1.15. The van der Waals surface area contributed by atoms with Crippen molar-refractivity contribution in [3.05, 3.63) is 22.7 Å². The molecule has 0 saturated heterocycles. The highest BCUT2D eigenvalue weighted by molar-refractivity contribution is 9.11. The summed E-state index contributed by atoms with van der Waals surface area (Å²) in [4.78, 5) is 0. The lowest BCUT2D eigenvalue weighted by Crippen LogP contribution is -1.65. The van der Waals surface area contributed by atoms with Gasteiger partial charge in [0.15, 0.2) is 0 Å². The summed E-state index contributed by atoms with van der Waals surface area (Å²) >= 11 is 3.46. The highest BCUT2D eigenvalue weighted by Crippen LogP contribution is 2.16. The van der Waals surface area contributed by atoms with Crippen LogP contribution in [0.4, 0.5) is 0 Å². The topological polar surface area (TPSA) is 0 Å². The Hall–Kier alpha value is -0.0400. The lowest BCUT2D eigenvalue weighted by molar-refractivity contribution is 1.05. The van der Waals surface area contributed by atoms with Gasteiger partial charge in [0, 0.05) is 0 Å². The summed E-state index contributed by atoms with van der Waals surface area (Å²) in [6.07, 6.45) is 10.1. The van der Waals surface area contributed by atoms with Crippen molar-refractivity contribution < 1.29 is 0 Å². The van der Waals surface area contributed by atoms with Crippen molar-refractivity contribution >= 4 is 15.9 Å². The maximum absolute atomic E-state index is 3.46. The SMILES string of the molecule is BrC1=CCC=CCC1. The summed E-state index contributed by atoms with van der Waals surface area (Å²) in [6.45, 7) is 0. The van der Waals surface area contributed by atoms with Crippen LogP contribution in [0.2, 0.25) is 0 Å². The minimum absolute atomic E-state index is 1.10. The van der Waals surface area contributed by atoms with E-state index in [4.69, 9.17) is 0 Å². The summed E-state index contributed by atoms with van der Waals surface area (Å²) in [6, 6.07) is 0. The molecule has 0 amide bonds. The van der Waals surface area contributed by atoms with E-state index >= 15 is 0 Å². The first-order valence-electron chi connectivity index (χ1n) is 2.89. The van der Waals surface area contributed by atoms with Gasteiger partial charge in [0.25, 0.3) is 0 Å². The molecule has 1 aliphatic rings. The Labute approximate surface area is 58.4 Å². The molecular formula is C7H9Br. The van der Waals surface area contributed by atoms with Gasteiger partial charge in [0.2, 0.25) is 0 Å². The highest BCUT2D eigenvalue weighted by atomic mass is 79.9. The third kappa shape index (κ3) is 1.83. The van der Waals surface area contributed by atoms with Crippen molar-refractivity contribution in [2.45, 2.75) is 19.3 Å². The first-order valence-corrected chi connectivity index (χ1v) is 3.68. The van der Waals surface area contributed by atoms with E-state index in [1.807, 2.05) is 0 Å². The van der Waals surface area contributed by atoms with Gasteiger partial charge in [-0.3, -0.25) is 0 Å². The predicted octanol–water partition coefficient (Wildman–Crippen LogP) is 3.01. The molecule has 1 heteroatoms. The van der Waals surface area contributed by atoms with E-state index in [0.717, 1.165) is 6.42 Å². The predicted molar refractivity (Wildman–Crippen MR) is 40.0 cm³/mol. The fraction of sp³-hybridized carbons (Fsp3) is 0.429. The Kier molecular flexibility index (Phi) is 2.34. The van der Waals surface area contributed by atoms with Gasteiger partial charge in [-0.2, -0.15) is 0 Å². The molecule has 8 heavy (non-hydrogen) atoms. The zero-order valence-corrected chi connectivity index (χ0v) is 6.32. The van der Waals surface area contributed by atoms with E-state index in [-0.39, 0.29) is 0 Å². The Morgan fingerprint density at radius 2 is 2.25 bits per heavy atom. The average Bonchev–Trinajstić information content (AvgIpc) is 1.94. The second-order valence-electron chi connectivity index (χ2n) is 1.90. The Morgan fingerprint density at radius 3 is 3.12 bits per heavy atom. The van der Waals surface area contributed by atoms with Crippen molar-refractivity contribution in [3.8, 4) is 0 Å². The van der Waals surface area contributed by atoms with Gasteiger partial charge in [-0.1, -0.05) is 34.2 Å². The first-order chi connectivity index (χ1) is 3.89. The number of hydrogen-bond acceptors (Lipinski definition) is 0. The maximum atomic E-state index is 3.46. The molecule has 0 fully saturated rings. The second kappa shape index (κ2) is 3.08. The van der Waals surface area contributed by atoms with Crippen LogP contribution < -0.4 is 0 Å². The minimum atomic E-state index is 1.10. The molecule has 0 nitrogen and oxygen atoms in total. The highest BCUT2D eigenvalue weighted by Gasteiger charge is 1.91. The molecule has 0 bridgehead atoms. The van der Waals surface area contributed by atoms with Gasteiger partial charge in [-0.15, -0.1) is 0 Å². The van der Waals surface area contributed by atoms with Crippen LogP contribution in [0.15, 0.2) is 22.7 Å². The molecule has 0 N–H and O–H groups in total. The smallest absolute Gasteiger partial charge is 0.00830 e. The standard InChI is InChI=1S/C7H9Br/c8-7-5-3-1-2-4-6-7/h1-2,5H,3-4,6H2. The largest absolute Gasteiger partial charge is 0.0879 e. The molecule has 0 saturated carbocycles. The molecule has 1 rings (SSSR count). The van der Waals surface area contributed by atoms with Crippen LogP contribution in [0.5, 0.6) is 0 Å². The number of allylic oxidation sites excluding steroid dienone is 4. The van der Waals surface area contributed by atoms with E-state index in [9.17, 15) is 0 Å². The third-order valence-corrected chi connectivity index (χ3v) is 1.91. The van der Waals surface area contributed by atoms with Gasteiger partial charge in [0.1, 0.15) is 0 Å². The fourth-order valence-electron chi connectivity index (χ4n) is 0.733. The molecule has 1 aliphatic carbocycles. The molecule has 0 atom stereocenters. The van der Waals surface area contributed by atoms with E-state index in [1.54, 1.807) is 0 Å². The Bertz CT molecular complexity index is 122. The molecule has 44 valence electrons. The van der Waals surface area contributed by atoms with Gasteiger partial charge in [-0.25, -0.2) is 0 Å². The van der Waals surface area contributed by atoms with Crippen LogP contribution in [-0.4, -0.2) is 0 Å². The molecule has 0 radical (unpaired) electrons. The summed E-state index contributed by atoms with van der Waals surface area (Å²) in [7, 11) is 0. The summed E-state index contributed by atoms with van der Waals surface area (Å²) in [5, 5.41) is 0. The normalized spacial score (nSPS) is 19.9. The van der Waals surface area contributed by atoms with Crippen LogP contribution in [0.3, 0.4) is 0 Å². The van der Waals surface area contributed by atoms with Gasteiger partial charge < -0.3 is 0 Å². The van der Waals surface area contributed by atoms with Crippen molar-refractivity contribution in [2.24, 2.45) is 0 Å². The monoisotopic (exact) mass is 172 g/mol. The third-order valence-electron chi connectivity index (χ3n) is 1.19. The molecule has 0 aromatic rings. The van der Waals surface area contributed by atoms with E-state index < -0.39 is 0 Å². The molecule has 0 aromatic carbocycles. The number of halogens is 1. The van der Waals surface area contributed by atoms with E-state index in [1.165, 1.54) is 17.3 Å². The van der Waals surface area contributed by atoms with Crippen LogP contribution in [0.1, 0.15) is 19.3 Å². The summed E-state index contributed by atoms with van der Waals surface area (Å²) in [5.74, 6) is 0. The van der Waals surface area contributed by atoms with E-state index in [0.29, 0.717) is 0 Å². The molecule has 0 aromatic heterocycles. The average molecular weight is 173 g/mol. The van der Waals surface area contributed by atoms with Gasteiger partial charge in [-0.05, 0) is 23.7 Å². The van der Waals surface area contributed by atoms with Crippen molar-refractivity contribution in [1.82, 2.24) is 0 Å². The molecule has 0 aliphatic heterocycles. The first kappa shape index (κ1) is 6.09. The van der Waals surface area contributed by atoms with Gasteiger partial charge in [0.05, 0.1) is 0 Å². The summed E-state index contributed by atoms with van der Waals surface area (Å²) in [5.41, 5.74) is 0. The Morgan fingerprint density at radius 1 is 1.38 bits per heavy atom. The Balaban J connectivity index is 2.48. The lowest BCUT2D eigenvalue weighted by atomic mass is 10.3. The van der Waals surface area contributed by atoms with Crippen LogP contribution in [0, 0.1) is 0 Å². The quantitative estimate of drug-likeness (QED) is 0.494. The zero-order valence-electron chi connectivity index (χ0n) is 4.73. The molecule has 0 spiro atoms. The summed E-state index contributed by atoms with van der Waals surface area (Å²) < 4.78 is 1.35. The minimum Gasteiger partial charge on any atom is -0.0879 e. The van der Waals surface area contributed by atoms with Crippen molar-refractivity contribution in [1.29, 1.82) is 0 Å². The second-order valence-corrected chi connectivity index (χ2v) is 2.92. The van der Waals surface area contributed by atoms with Crippen LogP contribution in [0.25, 0.3) is 0 Å². The van der Waals surface area contributed by atoms with Crippen molar-refractivity contribution in [2.75, 3.05) is 0 Å². The molecular weight excluding hydrogens is 164 g/mol.